The predicted octanol–water partition coefficient (Wildman–Crippen LogP) is 0.905. The number of rotatable bonds is 3. The molecule has 0 aromatic carbocycles. The summed E-state index contributed by atoms with van der Waals surface area (Å²) in [6.07, 6.45) is 1.90. The molecule has 94 valence electrons. The van der Waals surface area contributed by atoms with Gasteiger partial charge >= 0.3 is 5.97 Å². The summed E-state index contributed by atoms with van der Waals surface area (Å²) >= 11 is 0. The fourth-order valence-electron chi connectivity index (χ4n) is 2.79. The molecule has 0 aliphatic heterocycles. The molecule has 0 spiro atoms. The molecule has 1 aliphatic rings. The van der Waals surface area contributed by atoms with E-state index in [2.05, 4.69) is 18.9 Å². The van der Waals surface area contributed by atoms with Gasteiger partial charge in [0.15, 0.2) is 5.69 Å². The molecule has 0 amide bonds. The maximum absolute atomic E-state index is 11.7. The van der Waals surface area contributed by atoms with Gasteiger partial charge < -0.3 is 10.5 Å². The lowest BCUT2D eigenvalue weighted by Crippen LogP contribution is -2.07. The van der Waals surface area contributed by atoms with Crippen LogP contribution in [0, 0.1) is 11.3 Å². The third-order valence-electron chi connectivity index (χ3n) is 3.88. The molecule has 0 saturated heterocycles. The average molecular weight is 237 g/mol. The fraction of sp³-hybridized carbons (Fsp3) is 0.667. The number of hydrogen-bond donors (Lipinski definition) is 1. The average Bonchev–Trinajstić information content (AvgIpc) is 2.63. The smallest absolute Gasteiger partial charge is 0.358 e. The fourth-order valence-corrected chi connectivity index (χ4v) is 2.79. The minimum Gasteiger partial charge on any atom is -0.464 e. The molecular formula is C12H19N3O2. The molecule has 17 heavy (non-hydrogen) atoms. The van der Waals surface area contributed by atoms with Crippen molar-refractivity contribution >= 4 is 5.97 Å². The molecular weight excluding hydrogens is 218 g/mol. The maximum atomic E-state index is 11.7. The van der Waals surface area contributed by atoms with Gasteiger partial charge in [-0.2, -0.15) is 5.10 Å². The zero-order valence-electron chi connectivity index (χ0n) is 10.7. The summed E-state index contributed by atoms with van der Waals surface area (Å²) < 4.78 is 6.42. The van der Waals surface area contributed by atoms with Crippen molar-refractivity contribution in [2.75, 3.05) is 13.7 Å². The predicted molar refractivity (Wildman–Crippen MR) is 63.6 cm³/mol. The van der Waals surface area contributed by atoms with E-state index in [1.165, 1.54) is 7.11 Å². The quantitative estimate of drug-likeness (QED) is 0.793. The number of esters is 1. The van der Waals surface area contributed by atoms with Crippen LogP contribution in [0.15, 0.2) is 6.20 Å². The summed E-state index contributed by atoms with van der Waals surface area (Å²) in [5, 5.41) is 4.18. The maximum Gasteiger partial charge on any atom is 0.358 e. The van der Waals surface area contributed by atoms with E-state index in [0.717, 1.165) is 5.56 Å². The van der Waals surface area contributed by atoms with Crippen molar-refractivity contribution in [1.82, 2.24) is 9.78 Å². The third kappa shape index (κ3) is 1.74. The highest BCUT2D eigenvalue weighted by Gasteiger charge is 2.58. The van der Waals surface area contributed by atoms with Crippen LogP contribution in [0.5, 0.6) is 0 Å². The summed E-state index contributed by atoms with van der Waals surface area (Å²) in [6.45, 7) is 4.97. The summed E-state index contributed by atoms with van der Waals surface area (Å²) in [7, 11) is 3.18. The van der Waals surface area contributed by atoms with Crippen LogP contribution in [-0.2, 0) is 11.8 Å². The van der Waals surface area contributed by atoms with Gasteiger partial charge in [0.2, 0.25) is 0 Å². The number of ether oxygens (including phenoxy) is 1. The van der Waals surface area contributed by atoms with Crippen molar-refractivity contribution in [2.24, 2.45) is 24.1 Å². The van der Waals surface area contributed by atoms with E-state index < -0.39 is 0 Å². The van der Waals surface area contributed by atoms with Gasteiger partial charge in [0.05, 0.1) is 7.11 Å². The standard InChI is InChI=1S/C12H19N3O2/c1-12(2)8(5-13)9(12)7-6-15(3)14-10(7)11(16)17-4/h6,8-9H,5,13H2,1-4H3/t8-,9-/m0/s1. The lowest BCUT2D eigenvalue weighted by molar-refractivity contribution is 0.0591. The molecule has 0 radical (unpaired) electrons. The van der Waals surface area contributed by atoms with E-state index in [-0.39, 0.29) is 11.4 Å². The molecule has 0 unspecified atom stereocenters. The molecule has 2 rings (SSSR count). The summed E-state index contributed by atoms with van der Waals surface area (Å²) in [5.41, 5.74) is 7.28. The van der Waals surface area contributed by atoms with Crippen molar-refractivity contribution in [2.45, 2.75) is 19.8 Å². The van der Waals surface area contributed by atoms with Gasteiger partial charge in [-0.1, -0.05) is 13.8 Å². The molecule has 0 bridgehead atoms. The Morgan fingerprint density at radius 3 is 2.76 bits per heavy atom. The molecule has 1 saturated carbocycles. The molecule has 1 fully saturated rings. The van der Waals surface area contributed by atoms with Crippen molar-refractivity contribution < 1.29 is 9.53 Å². The van der Waals surface area contributed by atoms with Crippen LogP contribution in [0.4, 0.5) is 0 Å². The molecule has 1 aromatic heterocycles. The molecule has 5 nitrogen and oxygen atoms in total. The number of aryl methyl sites for hydroxylation is 1. The Labute approximate surface area is 101 Å². The lowest BCUT2D eigenvalue weighted by atomic mass is 10.0. The first kappa shape index (κ1) is 12.1. The first-order chi connectivity index (χ1) is 7.93. The highest BCUT2D eigenvalue weighted by molar-refractivity contribution is 5.89. The van der Waals surface area contributed by atoms with Crippen molar-refractivity contribution in [3.63, 3.8) is 0 Å². The van der Waals surface area contributed by atoms with E-state index >= 15 is 0 Å². The van der Waals surface area contributed by atoms with Crippen LogP contribution in [0.25, 0.3) is 0 Å². The van der Waals surface area contributed by atoms with E-state index in [4.69, 9.17) is 10.5 Å². The zero-order chi connectivity index (χ0) is 12.8. The highest BCUT2D eigenvalue weighted by Crippen LogP contribution is 2.64. The summed E-state index contributed by atoms with van der Waals surface area (Å²) in [4.78, 5) is 11.7. The number of methoxy groups -OCH3 is 1. The Hall–Kier alpha value is -1.36. The number of carbonyl (C=O) groups excluding carboxylic acids is 1. The van der Waals surface area contributed by atoms with Gasteiger partial charge in [-0.25, -0.2) is 4.79 Å². The number of carbonyl (C=O) groups is 1. The molecule has 5 heteroatoms. The minimum absolute atomic E-state index is 0.139. The monoisotopic (exact) mass is 237 g/mol. The van der Waals surface area contributed by atoms with Gasteiger partial charge in [0.25, 0.3) is 0 Å². The Morgan fingerprint density at radius 2 is 2.29 bits per heavy atom. The molecule has 1 aliphatic carbocycles. The Kier molecular flexibility index (Phi) is 2.73. The lowest BCUT2D eigenvalue weighted by Gasteiger charge is -2.02. The van der Waals surface area contributed by atoms with Gasteiger partial charge in [0.1, 0.15) is 0 Å². The Balaban J connectivity index is 2.37. The van der Waals surface area contributed by atoms with Crippen LogP contribution >= 0.6 is 0 Å². The second-order valence-electron chi connectivity index (χ2n) is 5.24. The van der Waals surface area contributed by atoms with Gasteiger partial charge in [-0.05, 0) is 23.8 Å². The molecule has 1 aromatic rings. The molecule has 2 N–H and O–H groups in total. The first-order valence-corrected chi connectivity index (χ1v) is 5.75. The minimum atomic E-state index is -0.376. The second kappa shape index (κ2) is 3.84. The van der Waals surface area contributed by atoms with Gasteiger partial charge in [0, 0.05) is 18.8 Å². The number of hydrogen-bond acceptors (Lipinski definition) is 4. The van der Waals surface area contributed by atoms with E-state index in [1.54, 1.807) is 4.68 Å². The molecule has 2 atom stereocenters. The Morgan fingerprint density at radius 1 is 1.65 bits per heavy atom. The topological polar surface area (TPSA) is 70.1 Å². The van der Waals surface area contributed by atoms with Gasteiger partial charge in [-0.15, -0.1) is 0 Å². The molecule has 1 heterocycles. The highest BCUT2D eigenvalue weighted by atomic mass is 16.5. The van der Waals surface area contributed by atoms with Crippen molar-refractivity contribution in [1.29, 1.82) is 0 Å². The normalized spacial score (nSPS) is 25.7. The van der Waals surface area contributed by atoms with Crippen LogP contribution in [0.1, 0.15) is 35.8 Å². The SMILES string of the molecule is COC(=O)c1nn(C)cc1[C@H]1[C@H](CN)C1(C)C. The largest absolute Gasteiger partial charge is 0.464 e. The third-order valence-corrected chi connectivity index (χ3v) is 3.88. The number of aromatic nitrogens is 2. The van der Waals surface area contributed by atoms with E-state index in [1.807, 2.05) is 13.2 Å². The van der Waals surface area contributed by atoms with Crippen LogP contribution < -0.4 is 5.73 Å². The Bertz CT molecular complexity index is 451. The van der Waals surface area contributed by atoms with Crippen LogP contribution in [-0.4, -0.2) is 29.4 Å². The van der Waals surface area contributed by atoms with Crippen molar-refractivity contribution in [3.8, 4) is 0 Å². The van der Waals surface area contributed by atoms with Gasteiger partial charge in [-0.3, -0.25) is 4.68 Å². The second-order valence-corrected chi connectivity index (χ2v) is 5.24. The van der Waals surface area contributed by atoms with Crippen LogP contribution in [0.2, 0.25) is 0 Å². The zero-order valence-corrected chi connectivity index (χ0v) is 10.7. The summed E-state index contributed by atoms with van der Waals surface area (Å²) in [6, 6.07) is 0. The van der Waals surface area contributed by atoms with Crippen molar-refractivity contribution in [3.05, 3.63) is 17.5 Å². The van der Waals surface area contributed by atoms with E-state index in [0.29, 0.717) is 24.1 Å². The first-order valence-electron chi connectivity index (χ1n) is 5.75. The summed E-state index contributed by atoms with van der Waals surface area (Å²) in [5.74, 6) is 0.337. The number of nitrogens with zero attached hydrogens (tertiary/aromatic N) is 2. The van der Waals surface area contributed by atoms with E-state index in [9.17, 15) is 4.79 Å². The number of nitrogens with two attached hydrogens (primary N) is 1. The van der Waals surface area contributed by atoms with Crippen LogP contribution in [0.3, 0.4) is 0 Å².